The zero-order chi connectivity index (χ0) is 28.5. The summed E-state index contributed by atoms with van der Waals surface area (Å²) < 4.78 is 0. The van der Waals surface area contributed by atoms with Crippen LogP contribution in [0.25, 0.3) is 22.2 Å². The summed E-state index contributed by atoms with van der Waals surface area (Å²) in [5.41, 5.74) is 4.73. The molecule has 0 radical (unpaired) electrons. The Morgan fingerprint density at radius 2 is 1.57 bits per heavy atom. The topological polar surface area (TPSA) is 57.3 Å². The van der Waals surface area contributed by atoms with Crippen molar-refractivity contribution in [3.63, 3.8) is 0 Å². The molecule has 1 amide bonds. The first-order chi connectivity index (χ1) is 19.1. The van der Waals surface area contributed by atoms with E-state index < -0.39 is 0 Å². The third-order valence-corrected chi connectivity index (χ3v) is 9.86. The number of pyridine rings is 1. The molecule has 1 aliphatic heterocycles. The van der Waals surface area contributed by atoms with Crippen molar-refractivity contribution in [2.75, 3.05) is 7.05 Å². The third kappa shape index (κ3) is 5.96. The van der Waals surface area contributed by atoms with Gasteiger partial charge in [-0.15, -0.1) is 0 Å². The van der Waals surface area contributed by atoms with Gasteiger partial charge in [-0.3, -0.25) is 9.69 Å². The van der Waals surface area contributed by atoms with Crippen molar-refractivity contribution in [1.29, 1.82) is 0 Å². The van der Waals surface area contributed by atoms with Crippen molar-refractivity contribution in [2.45, 2.75) is 109 Å². The lowest BCUT2D eigenvalue weighted by Crippen LogP contribution is -2.62. The second-order valence-electron chi connectivity index (χ2n) is 13.5. The zero-order valence-corrected chi connectivity index (χ0v) is 25.4. The molecule has 2 aromatic carbocycles. The highest BCUT2D eigenvalue weighted by molar-refractivity contribution is 6.09. The molecule has 0 bridgehead atoms. The van der Waals surface area contributed by atoms with Crippen molar-refractivity contribution in [3.8, 4) is 11.3 Å². The summed E-state index contributed by atoms with van der Waals surface area (Å²) in [6.45, 7) is 12.1. The number of benzene rings is 2. The van der Waals surface area contributed by atoms with Crippen LogP contribution in [0.5, 0.6) is 0 Å². The van der Waals surface area contributed by atoms with Crippen molar-refractivity contribution in [2.24, 2.45) is 5.92 Å². The second-order valence-corrected chi connectivity index (χ2v) is 13.5. The molecule has 2 N–H and O–H groups in total. The fraction of sp³-hybridized carbons (Fsp3) is 0.543. The minimum Gasteiger partial charge on any atom is -0.349 e. The van der Waals surface area contributed by atoms with Crippen LogP contribution in [0.15, 0.2) is 54.6 Å². The van der Waals surface area contributed by atoms with E-state index >= 15 is 0 Å². The highest BCUT2D eigenvalue weighted by atomic mass is 16.1. The highest BCUT2D eigenvalue weighted by Crippen LogP contribution is 2.38. The number of carbonyl (C=O) groups excluding carboxylic acids is 1. The third-order valence-electron chi connectivity index (χ3n) is 9.86. The Labute approximate surface area is 241 Å². The Balaban J connectivity index is 1.55. The average molecular weight is 541 g/mol. The molecular weight excluding hydrogens is 492 g/mol. The van der Waals surface area contributed by atoms with E-state index in [-0.39, 0.29) is 23.0 Å². The first-order valence-corrected chi connectivity index (χ1v) is 15.3. The van der Waals surface area contributed by atoms with Gasteiger partial charge in [-0.2, -0.15) is 0 Å². The minimum absolute atomic E-state index is 0.0229. The van der Waals surface area contributed by atoms with Gasteiger partial charge in [0.15, 0.2) is 0 Å². The van der Waals surface area contributed by atoms with Gasteiger partial charge in [0.2, 0.25) is 0 Å². The highest BCUT2D eigenvalue weighted by Gasteiger charge is 2.43. The van der Waals surface area contributed by atoms with Gasteiger partial charge in [-0.25, -0.2) is 4.98 Å². The van der Waals surface area contributed by atoms with Crippen molar-refractivity contribution < 1.29 is 4.79 Å². The number of hydrogen-bond donors (Lipinski definition) is 2. The van der Waals surface area contributed by atoms with E-state index in [1.807, 2.05) is 24.3 Å². The van der Waals surface area contributed by atoms with Gasteiger partial charge in [0.25, 0.3) is 5.91 Å². The number of piperidine rings is 1. The molecule has 214 valence electrons. The molecule has 1 saturated heterocycles. The standard InChI is InChI=1S/C35H48N4O/c1-24(25-15-9-7-10-16-25)37-33(40)31-28-19-13-14-20-30(28)38-32(26-17-11-8-12-18-26)29(31)23-36-27-21-34(2,3)39(6)35(4,5)22-27/h8,11-14,17-20,24-25,27,36H,7,9-10,15-16,21-23H2,1-6H3,(H,37,40)/t24-/m0/s1. The van der Waals surface area contributed by atoms with Gasteiger partial charge in [-0.05, 0) is 79.3 Å². The van der Waals surface area contributed by atoms with Crippen LogP contribution in [0.4, 0.5) is 0 Å². The molecular formula is C35H48N4O. The van der Waals surface area contributed by atoms with E-state index in [4.69, 9.17) is 4.98 Å². The Kier molecular flexibility index (Phi) is 8.35. The van der Waals surface area contributed by atoms with Crippen LogP contribution in [0.1, 0.15) is 95.5 Å². The predicted molar refractivity (Wildman–Crippen MR) is 166 cm³/mol. The van der Waals surface area contributed by atoms with E-state index in [9.17, 15) is 4.79 Å². The van der Waals surface area contributed by atoms with E-state index in [1.54, 1.807) is 0 Å². The van der Waals surface area contributed by atoms with Crippen LogP contribution < -0.4 is 10.6 Å². The number of nitrogens with zero attached hydrogens (tertiary/aromatic N) is 2. The molecule has 1 aliphatic carbocycles. The normalized spacial score (nSPS) is 20.9. The predicted octanol–water partition coefficient (Wildman–Crippen LogP) is 7.34. The maximum Gasteiger partial charge on any atom is 0.252 e. The monoisotopic (exact) mass is 540 g/mol. The quantitative estimate of drug-likeness (QED) is 0.329. The van der Waals surface area contributed by atoms with Crippen LogP contribution in [0, 0.1) is 5.92 Å². The van der Waals surface area contributed by atoms with Crippen LogP contribution in [0.3, 0.4) is 0 Å². The maximum absolute atomic E-state index is 14.2. The molecule has 1 saturated carbocycles. The summed E-state index contributed by atoms with van der Waals surface area (Å²) in [7, 11) is 2.24. The number of nitrogens with one attached hydrogen (secondary N) is 2. The Morgan fingerprint density at radius 1 is 0.950 bits per heavy atom. The summed E-state index contributed by atoms with van der Waals surface area (Å²) in [4.78, 5) is 21.9. The van der Waals surface area contributed by atoms with E-state index in [1.165, 1.54) is 32.1 Å². The molecule has 2 heterocycles. The average Bonchev–Trinajstić information content (AvgIpc) is 2.94. The summed E-state index contributed by atoms with van der Waals surface area (Å²) in [5, 5.41) is 8.28. The van der Waals surface area contributed by atoms with Gasteiger partial charge in [0.1, 0.15) is 0 Å². The SMILES string of the molecule is C[C@H](NC(=O)c1c(CNC2CC(C)(C)N(C)C(C)(C)C2)c(-c2ccccc2)nc2ccccc12)C1CCCCC1. The number of hydrogen-bond acceptors (Lipinski definition) is 4. The number of para-hydroxylation sites is 1. The number of aromatic nitrogens is 1. The van der Waals surface area contributed by atoms with Crippen molar-refractivity contribution in [1.82, 2.24) is 20.5 Å². The lowest BCUT2D eigenvalue weighted by molar-refractivity contribution is -0.0184. The number of carbonyl (C=O) groups is 1. The Morgan fingerprint density at radius 3 is 2.25 bits per heavy atom. The van der Waals surface area contributed by atoms with Crippen LogP contribution in [-0.4, -0.2) is 46.0 Å². The summed E-state index contributed by atoms with van der Waals surface area (Å²) >= 11 is 0. The maximum atomic E-state index is 14.2. The number of amides is 1. The Bertz CT molecular complexity index is 1310. The molecule has 1 aromatic heterocycles. The summed E-state index contributed by atoms with van der Waals surface area (Å²) in [6.07, 6.45) is 8.34. The molecule has 1 atom stereocenters. The van der Waals surface area contributed by atoms with Crippen LogP contribution in [0.2, 0.25) is 0 Å². The van der Waals surface area contributed by atoms with Gasteiger partial charge in [0.05, 0.1) is 16.8 Å². The molecule has 40 heavy (non-hydrogen) atoms. The molecule has 5 heteroatoms. The first kappa shape index (κ1) is 28.8. The fourth-order valence-corrected chi connectivity index (χ4v) is 7.31. The van der Waals surface area contributed by atoms with E-state index in [2.05, 4.69) is 87.5 Å². The van der Waals surface area contributed by atoms with Crippen LogP contribution in [-0.2, 0) is 6.54 Å². The van der Waals surface area contributed by atoms with E-state index in [0.717, 1.165) is 46.1 Å². The second kappa shape index (κ2) is 11.6. The van der Waals surface area contributed by atoms with Gasteiger partial charge >= 0.3 is 0 Å². The molecule has 5 rings (SSSR count). The van der Waals surface area contributed by atoms with Gasteiger partial charge < -0.3 is 10.6 Å². The Hall–Kier alpha value is -2.76. The molecule has 2 fully saturated rings. The smallest absolute Gasteiger partial charge is 0.252 e. The first-order valence-electron chi connectivity index (χ1n) is 15.3. The molecule has 0 spiro atoms. The number of fused-ring (bicyclic) bond motifs is 1. The van der Waals surface area contributed by atoms with E-state index in [0.29, 0.717) is 18.5 Å². The molecule has 0 unspecified atom stereocenters. The van der Waals surface area contributed by atoms with Crippen molar-refractivity contribution >= 4 is 16.8 Å². The fourth-order valence-electron chi connectivity index (χ4n) is 7.31. The molecule has 2 aliphatic rings. The molecule has 5 nitrogen and oxygen atoms in total. The minimum atomic E-state index is 0.0229. The summed E-state index contributed by atoms with van der Waals surface area (Å²) in [5.74, 6) is 0.569. The van der Waals surface area contributed by atoms with Crippen LogP contribution >= 0.6 is 0 Å². The lowest BCUT2D eigenvalue weighted by Gasteiger charge is -2.54. The van der Waals surface area contributed by atoms with Gasteiger partial charge in [-0.1, -0.05) is 67.8 Å². The van der Waals surface area contributed by atoms with Gasteiger partial charge in [0, 0.05) is 46.2 Å². The summed E-state index contributed by atoms with van der Waals surface area (Å²) in [6, 6.07) is 19.0. The lowest BCUT2D eigenvalue weighted by atomic mass is 9.77. The van der Waals surface area contributed by atoms with Crippen molar-refractivity contribution in [3.05, 3.63) is 65.7 Å². The molecule has 3 aromatic rings. The zero-order valence-electron chi connectivity index (χ0n) is 25.4. The number of likely N-dealkylation sites (tertiary alicyclic amines) is 1. The largest absolute Gasteiger partial charge is 0.349 e. The number of rotatable bonds is 7.